The normalized spacial score (nSPS) is 13.0. The molecule has 1 atom stereocenters. The Morgan fingerprint density at radius 3 is 2.28 bits per heavy atom. The van der Waals surface area contributed by atoms with E-state index in [-0.39, 0.29) is 12.2 Å². The van der Waals surface area contributed by atoms with Crippen molar-refractivity contribution in [2.75, 3.05) is 14.2 Å². The van der Waals surface area contributed by atoms with Crippen molar-refractivity contribution in [3.63, 3.8) is 0 Å². The summed E-state index contributed by atoms with van der Waals surface area (Å²) in [5.74, 6) is -0.0898. The van der Waals surface area contributed by atoms with Gasteiger partial charge in [-0.25, -0.2) is 0 Å². The number of ketones is 1. The van der Waals surface area contributed by atoms with E-state index in [0.717, 1.165) is 22.3 Å². The number of aliphatic hydroxyl groups is 2. The lowest BCUT2D eigenvalue weighted by Gasteiger charge is -2.27. The van der Waals surface area contributed by atoms with Gasteiger partial charge in [0.15, 0.2) is 5.78 Å². The topological polar surface area (TPSA) is 76.0 Å². The second kappa shape index (κ2) is 10.5. The molecule has 0 fully saturated rings. The first-order chi connectivity index (χ1) is 13.8. The predicted molar refractivity (Wildman–Crippen MR) is 114 cm³/mol. The Hall–Kier alpha value is -2.31. The predicted octanol–water partition coefficient (Wildman–Crippen LogP) is 3.55. The van der Waals surface area contributed by atoms with Crippen LogP contribution in [-0.4, -0.2) is 41.9 Å². The van der Waals surface area contributed by atoms with Crippen molar-refractivity contribution in [2.45, 2.75) is 45.2 Å². The third-order valence-corrected chi connectivity index (χ3v) is 4.84. The Morgan fingerprint density at radius 1 is 1.03 bits per heavy atom. The Kier molecular flexibility index (Phi) is 8.29. The molecule has 5 nitrogen and oxygen atoms in total. The van der Waals surface area contributed by atoms with Gasteiger partial charge in [0, 0.05) is 26.2 Å². The maximum atomic E-state index is 12.4. The van der Waals surface area contributed by atoms with Crippen LogP contribution in [0.1, 0.15) is 46.5 Å². The third-order valence-electron chi connectivity index (χ3n) is 4.84. The van der Waals surface area contributed by atoms with E-state index in [9.17, 15) is 15.0 Å². The van der Waals surface area contributed by atoms with Gasteiger partial charge in [-0.1, -0.05) is 48.5 Å². The molecule has 156 valence electrons. The molecule has 5 heteroatoms. The summed E-state index contributed by atoms with van der Waals surface area (Å²) in [5.41, 5.74) is 2.83. The van der Waals surface area contributed by atoms with Crippen LogP contribution in [0, 0.1) is 0 Å². The first-order valence-electron chi connectivity index (χ1n) is 9.57. The summed E-state index contributed by atoms with van der Waals surface area (Å²) in [4.78, 5) is 12.4. The van der Waals surface area contributed by atoms with Crippen LogP contribution in [0.5, 0.6) is 0 Å². The zero-order chi connectivity index (χ0) is 21.4. The summed E-state index contributed by atoms with van der Waals surface area (Å²) in [6.45, 7) is 3.83. The largest absolute Gasteiger partial charge is 0.390 e. The highest BCUT2D eigenvalue weighted by molar-refractivity contribution is 6.06. The fourth-order valence-corrected chi connectivity index (χ4v) is 3.08. The lowest BCUT2D eigenvalue weighted by molar-refractivity contribution is -0.0473. The minimum Gasteiger partial charge on any atom is -0.390 e. The first kappa shape index (κ1) is 23.0. The number of methoxy groups -OCH3 is 2. The number of aliphatic hydroxyl groups excluding tert-OH is 1. The van der Waals surface area contributed by atoms with Gasteiger partial charge in [-0.15, -0.1) is 0 Å². The van der Waals surface area contributed by atoms with E-state index in [2.05, 4.69) is 0 Å². The molecule has 0 spiro atoms. The molecule has 2 aromatic carbocycles. The number of allylic oxidation sites excluding steroid dienone is 1. The Labute approximate surface area is 172 Å². The van der Waals surface area contributed by atoms with Crippen molar-refractivity contribution >= 4 is 11.9 Å². The molecule has 1 unspecified atom stereocenters. The van der Waals surface area contributed by atoms with Gasteiger partial charge < -0.3 is 19.7 Å². The molecule has 0 heterocycles. The summed E-state index contributed by atoms with van der Waals surface area (Å²) in [7, 11) is 3.21. The van der Waals surface area contributed by atoms with Crippen LogP contribution in [-0.2, 0) is 29.1 Å². The van der Waals surface area contributed by atoms with Crippen molar-refractivity contribution in [2.24, 2.45) is 0 Å². The molecule has 0 amide bonds. The molecule has 0 saturated heterocycles. The first-order valence-corrected chi connectivity index (χ1v) is 9.57. The molecule has 2 rings (SSSR count). The van der Waals surface area contributed by atoms with E-state index in [1.54, 1.807) is 46.3 Å². The minimum absolute atomic E-state index is 0.0898. The summed E-state index contributed by atoms with van der Waals surface area (Å²) < 4.78 is 10.7. The standard InChI is InChI=1S/C24H30O5/c1-24(2,27)23(26)14-20-19(15-28-3)11-10-17(21(20)16-29-4)12-13-22(25)18-8-6-5-7-9-18/h5-13,23,26-27H,14-16H2,1-4H3. The summed E-state index contributed by atoms with van der Waals surface area (Å²) in [6.07, 6.45) is 2.59. The van der Waals surface area contributed by atoms with Crippen molar-refractivity contribution in [3.05, 3.63) is 76.4 Å². The van der Waals surface area contributed by atoms with Gasteiger partial charge >= 0.3 is 0 Å². The number of rotatable bonds is 10. The third kappa shape index (κ3) is 6.34. The van der Waals surface area contributed by atoms with Gasteiger partial charge in [-0.2, -0.15) is 0 Å². The van der Waals surface area contributed by atoms with Crippen LogP contribution in [0.4, 0.5) is 0 Å². The van der Waals surface area contributed by atoms with Crippen molar-refractivity contribution in [1.82, 2.24) is 0 Å². The monoisotopic (exact) mass is 398 g/mol. The summed E-state index contributed by atoms with van der Waals surface area (Å²) in [5, 5.41) is 20.7. The summed E-state index contributed by atoms with van der Waals surface area (Å²) >= 11 is 0. The number of carbonyl (C=O) groups is 1. The van der Waals surface area contributed by atoms with E-state index in [1.807, 2.05) is 30.3 Å². The van der Waals surface area contributed by atoms with Gasteiger partial charge in [0.2, 0.25) is 0 Å². The highest BCUT2D eigenvalue weighted by Gasteiger charge is 2.27. The van der Waals surface area contributed by atoms with Gasteiger partial charge in [0.1, 0.15) is 0 Å². The number of benzene rings is 2. The van der Waals surface area contributed by atoms with Crippen LogP contribution < -0.4 is 0 Å². The van der Waals surface area contributed by atoms with Crippen molar-refractivity contribution in [3.8, 4) is 0 Å². The maximum absolute atomic E-state index is 12.4. The van der Waals surface area contributed by atoms with E-state index in [1.165, 1.54) is 6.08 Å². The van der Waals surface area contributed by atoms with Crippen LogP contribution in [0.25, 0.3) is 6.08 Å². The number of ether oxygens (including phenoxy) is 2. The molecular formula is C24H30O5. The van der Waals surface area contributed by atoms with E-state index in [4.69, 9.17) is 9.47 Å². The lowest BCUT2D eigenvalue weighted by Crippen LogP contribution is -2.38. The Morgan fingerprint density at radius 2 is 1.69 bits per heavy atom. The smallest absolute Gasteiger partial charge is 0.185 e. The van der Waals surface area contributed by atoms with Crippen molar-refractivity contribution < 1.29 is 24.5 Å². The molecule has 2 N–H and O–H groups in total. The second-order valence-corrected chi connectivity index (χ2v) is 7.57. The minimum atomic E-state index is -1.25. The zero-order valence-corrected chi connectivity index (χ0v) is 17.5. The zero-order valence-electron chi connectivity index (χ0n) is 17.5. The average molecular weight is 398 g/mol. The summed E-state index contributed by atoms with van der Waals surface area (Å²) in [6, 6.07) is 12.9. The molecule has 29 heavy (non-hydrogen) atoms. The molecule has 0 saturated carbocycles. The quantitative estimate of drug-likeness (QED) is 0.473. The number of hydrogen-bond donors (Lipinski definition) is 2. The van der Waals surface area contributed by atoms with Gasteiger partial charge in [0.25, 0.3) is 0 Å². The fourth-order valence-electron chi connectivity index (χ4n) is 3.08. The van der Waals surface area contributed by atoms with Crippen molar-refractivity contribution in [1.29, 1.82) is 0 Å². The van der Waals surface area contributed by atoms with E-state index >= 15 is 0 Å². The van der Waals surface area contributed by atoms with Gasteiger partial charge in [0.05, 0.1) is 24.9 Å². The number of carbonyl (C=O) groups excluding carboxylic acids is 1. The van der Waals surface area contributed by atoms with Crippen LogP contribution in [0.15, 0.2) is 48.5 Å². The lowest BCUT2D eigenvalue weighted by atomic mass is 9.88. The van der Waals surface area contributed by atoms with E-state index in [0.29, 0.717) is 18.8 Å². The molecule has 0 radical (unpaired) electrons. The van der Waals surface area contributed by atoms with Gasteiger partial charge in [-0.05, 0) is 42.2 Å². The Bertz CT molecular complexity index is 834. The Balaban J connectivity index is 2.45. The maximum Gasteiger partial charge on any atom is 0.185 e. The fraction of sp³-hybridized carbons (Fsp3) is 0.375. The van der Waals surface area contributed by atoms with Crippen LogP contribution >= 0.6 is 0 Å². The number of hydrogen-bond acceptors (Lipinski definition) is 5. The molecule has 0 aromatic heterocycles. The SMILES string of the molecule is COCc1ccc(C=CC(=O)c2ccccc2)c(COC)c1CC(O)C(C)(C)O. The molecular weight excluding hydrogens is 368 g/mol. The highest BCUT2D eigenvalue weighted by atomic mass is 16.5. The van der Waals surface area contributed by atoms with Gasteiger partial charge in [-0.3, -0.25) is 4.79 Å². The molecule has 0 aliphatic heterocycles. The average Bonchev–Trinajstić information content (AvgIpc) is 2.69. The van der Waals surface area contributed by atoms with Crippen LogP contribution in [0.2, 0.25) is 0 Å². The molecule has 0 bridgehead atoms. The molecule has 0 aliphatic carbocycles. The highest BCUT2D eigenvalue weighted by Crippen LogP contribution is 2.26. The molecule has 2 aromatic rings. The molecule has 0 aliphatic rings. The van der Waals surface area contributed by atoms with Crippen LogP contribution in [0.3, 0.4) is 0 Å². The van der Waals surface area contributed by atoms with E-state index < -0.39 is 11.7 Å². The second-order valence-electron chi connectivity index (χ2n) is 7.57.